The highest BCUT2D eigenvalue weighted by molar-refractivity contribution is 5.49. The molecule has 7 rings (SSSR count). The summed E-state index contributed by atoms with van der Waals surface area (Å²) in [6.07, 6.45) is 0. The first-order valence-electron chi connectivity index (χ1n) is 24.7. The van der Waals surface area contributed by atoms with Gasteiger partial charge in [0.15, 0.2) is 23.0 Å². The number of aryl methyl sites for hydroxylation is 2. The SMILES string of the molecule is CC(C)(C)c1ccc(O)cc1.CC(C)(C)c1ccc2c(c1)OCO2.CC(C)(C)c1ccccc1.CC(C)(C)c1ccccc1O.COc1cc(C(C)(C)C)cc(C)c1O.Cc1cc(C(C)(C)C)ccc1O. The van der Waals surface area contributed by atoms with E-state index in [1.165, 1.54) is 27.8 Å². The fourth-order valence-corrected chi connectivity index (χ4v) is 6.83. The van der Waals surface area contributed by atoms with E-state index in [1.54, 1.807) is 31.4 Å². The van der Waals surface area contributed by atoms with Crippen LogP contribution in [0.4, 0.5) is 0 Å². The van der Waals surface area contributed by atoms with Gasteiger partial charge in [0.1, 0.15) is 17.2 Å². The molecule has 0 aliphatic carbocycles. The molecule has 0 atom stereocenters. The summed E-state index contributed by atoms with van der Waals surface area (Å²) in [5.41, 5.74) is 10.1. The van der Waals surface area contributed by atoms with Crippen LogP contribution in [-0.2, 0) is 32.5 Å². The van der Waals surface area contributed by atoms with Crippen molar-refractivity contribution in [1.29, 1.82) is 0 Å². The largest absolute Gasteiger partial charge is 0.508 e. The molecular formula is C64H90O7. The van der Waals surface area contributed by atoms with Crippen LogP contribution in [0.5, 0.6) is 40.2 Å². The summed E-state index contributed by atoms with van der Waals surface area (Å²) in [5.74, 6) is 3.61. The average molecular weight is 971 g/mol. The van der Waals surface area contributed by atoms with Gasteiger partial charge in [0.2, 0.25) is 6.79 Å². The van der Waals surface area contributed by atoms with E-state index in [4.69, 9.17) is 19.3 Å². The molecule has 1 aliphatic rings. The Morgan fingerprint density at radius 1 is 0.380 bits per heavy atom. The first kappa shape index (κ1) is 61.0. The second-order valence-electron chi connectivity index (χ2n) is 24.3. The summed E-state index contributed by atoms with van der Waals surface area (Å²) in [5, 5.41) is 37.4. The smallest absolute Gasteiger partial charge is 0.231 e. The van der Waals surface area contributed by atoms with Gasteiger partial charge in [-0.1, -0.05) is 210 Å². The van der Waals surface area contributed by atoms with Crippen molar-refractivity contribution < 1.29 is 34.6 Å². The van der Waals surface area contributed by atoms with Crippen LogP contribution < -0.4 is 14.2 Å². The standard InChI is InChI=1S/C12H18O2.C11H14O2.C11H16O.2C10H14O.C10H14/c1-8-6-9(12(2,3)4)7-10(14-5)11(8)13;1-11(2,3)8-4-5-9-10(6-8)13-7-12-9;1-8-7-9(11(2,3)4)5-6-10(8)12;1-10(2,3)8-4-6-9(11)7-5-8;1-10(2,3)8-6-4-5-7-9(8)11;1-10(2,3)9-7-5-4-6-8-9/h6-7,13H,1-5H3;4-6H,7H2,1-3H3;5-7,12H,1-4H3;2*4-7,11H,1-3H3;4-8H,1-3H3. The van der Waals surface area contributed by atoms with E-state index in [0.29, 0.717) is 35.2 Å². The molecule has 71 heavy (non-hydrogen) atoms. The third kappa shape index (κ3) is 20.7. The fourth-order valence-electron chi connectivity index (χ4n) is 6.83. The van der Waals surface area contributed by atoms with Crippen LogP contribution in [0.25, 0.3) is 0 Å². The molecule has 388 valence electrons. The summed E-state index contributed by atoms with van der Waals surface area (Å²) >= 11 is 0. The van der Waals surface area contributed by atoms with Gasteiger partial charge in [-0.3, -0.25) is 0 Å². The Hall–Kier alpha value is -6.08. The summed E-state index contributed by atoms with van der Waals surface area (Å²) in [6.45, 7) is 43.0. The molecule has 7 heteroatoms. The number of methoxy groups -OCH3 is 1. The number of phenols is 4. The molecule has 0 aromatic heterocycles. The van der Waals surface area contributed by atoms with Gasteiger partial charge in [0, 0.05) is 0 Å². The number of aromatic hydroxyl groups is 4. The topological polar surface area (TPSA) is 109 Å². The van der Waals surface area contributed by atoms with Crippen LogP contribution in [0.15, 0.2) is 127 Å². The van der Waals surface area contributed by atoms with Gasteiger partial charge in [-0.05, 0) is 133 Å². The van der Waals surface area contributed by atoms with Crippen LogP contribution in [0.1, 0.15) is 169 Å². The normalized spacial score (nSPS) is 12.1. The maximum absolute atomic E-state index is 9.66. The van der Waals surface area contributed by atoms with Crippen LogP contribution in [0.2, 0.25) is 0 Å². The van der Waals surface area contributed by atoms with E-state index in [1.807, 2.05) is 74.5 Å². The van der Waals surface area contributed by atoms with Crippen molar-refractivity contribution in [3.8, 4) is 40.2 Å². The fraction of sp³-hybridized carbons (Fsp3) is 0.438. The monoisotopic (exact) mass is 971 g/mol. The van der Waals surface area contributed by atoms with Gasteiger partial charge in [-0.2, -0.15) is 0 Å². The summed E-state index contributed by atoms with van der Waals surface area (Å²) < 4.78 is 15.7. The molecule has 0 unspecified atom stereocenters. The average Bonchev–Trinajstić information content (AvgIpc) is 3.74. The number of fused-ring (bicyclic) bond motifs is 1. The lowest BCUT2D eigenvalue weighted by atomic mass is 9.86. The second kappa shape index (κ2) is 25.3. The predicted molar refractivity (Wildman–Crippen MR) is 300 cm³/mol. The third-order valence-electron chi connectivity index (χ3n) is 11.7. The van der Waals surface area contributed by atoms with Gasteiger partial charge in [-0.25, -0.2) is 0 Å². The van der Waals surface area contributed by atoms with Gasteiger partial charge in [0.25, 0.3) is 0 Å². The predicted octanol–water partition coefficient (Wildman–Crippen LogP) is 17.1. The van der Waals surface area contributed by atoms with Crippen LogP contribution >= 0.6 is 0 Å². The minimum atomic E-state index is 0.0331. The zero-order valence-corrected chi connectivity index (χ0v) is 47.3. The Balaban J connectivity index is 0.000000293. The molecule has 0 saturated heterocycles. The number of rotatable bonds is 1. The van der Waals surface area contributed by atoms with Gasteiger partial charge >= 0.3 is 0 Å². The maximum atomic E-state index is 9.66. The van der Waals surface area contributed by atoms with Gasteiger partial charge in [0.05, 0.1) is 7.11 Å². The first-order valence-corrected chi connectivity index (χ1v) is 24.7. The Morgan fingerprint density at radius 2 is 0.803 bits per heavy atom. The zero-order valence-electron chi connectivity index (χ0n) is 47.3. The van der Waals surface area contributed by atoms with E-state index in [0.717, 1.165) is 28.2 Å². The number of ether oxygens (including phenoxy) is 3. The first-order chi connectivity index (χ1) is 32.5. The molecule has 0 bridgehead atoms. The van der Waals surface area contributed by atoms with Crippen molar-refractivity contribution in [2.24, 2.45) is 0 Å². The Labute approximate surface area is 429 Å². The minimum absolute atomic E-state index is 0.0331. The van der Waals surface area contributed by atoms with E-state index in [2.05, 4.69) is 167 Å². The summed E-state index contributed by atoms with van der Waals surface area (Å²) in [4.78, 5) is 0. The van der Waals surface area contributed by atoms with Crippen molar-refractivity contribution in [2.45, 2.75) is 171 Å². The molecule has 4 N–H and O–H groups in total. The van der Waals surface area contributed by atoms with Crippen LogP contribution in [0, 0.1) is 13.8 Å². The van der Waals surface area contributed by atoms with Crippen molar-refractivity contribution in [1.82, 2.24) is 0 Å². The Kier molecular flexibility index (Phi) is 21.8. The lowest BCUT2D eigenvalue weighted by Gasteiger charge is -2.21. The Bertz CT molecular complexity index is 2530. The third-order valence-corrected chi connectivity index (χ3v) is 11.7. The summed E-state index contributed by atoms with van der Waals surface area (Å²) in [7, 11) is 1.57. The molecule has 1 aliphatic heterocycles. The molecule has 6 aromatic rings. The Morgan fingerprint density at radius 3 is 1.24 bits per heavy atom. The van der Waals surface area contributed by atoms with Crippen LogP contribution in [-0.4, -0.2) is 34.3 Å². The van der Waals surface area contributed by atoms with E-state index in [-0.39, 0.29) is 32.8 Å². The number of phenolic OH excluding ortho intramolecular Hbond substituents is 4. The van der Waals surface area contributed by atoms with Crippen molar-refractivity contribution in [3.05, 3.63) is 172 Å². The number of para-hydroxylation sites is 1. The maximum Gasteiger partial charge on any atom is 0.231 e. The molecule has 0 saturated carbocycles. The molecular weight excluding hydrogens is 881 g/mol. The highest BCUT2D eigenvalue weighted by atomic mass is 16.7. The van der Waals surface area contributed by atoms with Crippen LogP contribution in [0.3, 0.4) is 0 Å². The van der Waals surface area contributed by atoms with E-state index < -0.39 is 0 Å². The number of benzene rings is 6. The minimum Gasteiger partial charge on any atom is -0.508 e. The van der Waals surface area contributed by atoms with Gasteiger partial charge in [-0.15, -0.1) is 0 Å². The number of hydrogen-bond donors (Lipinski definition) is 4. The molecule has 0 spiro atoms. The van der Waals surface area contributed by atoms with Gasteiger partial charge < -0.3 is 34.6 Å². The van der Waals surface area contributed by atoms with E-state index in [9.17, 15) is 15.3 Å². The molecule has 0 amide bonds. The highest BCUT2D eigenvalue weighted by Gasteiger charge is 2.21. The lowest BCUT2D eigenvalue weighted by molar-refractivity contribution is 0.174. The molecule has 6 aromatic carbocycles. The molecule has 0 fully saturated rings. The molecule has 1 heterocycles. The lowest BCUT2D eigenvalue weighted by Crippen LogP contribution is -2.11. The van der Waals surface area contributed by atoms with Crippen molar-refractivity contribution >= 4 is 0 Å². The number of hydrogen-bond acceptors (Lipinski definition) is 7. The summed E-state index contributed by atoms with van der Waals surface area (Å²) in [6, 6.07) is 41.1. The molecule has 0 radical (unpaired) electrons. The quantitative estimate of drug-likeness (QED) is 0.130. The van der Waals surface area contributed by atoms with Crippen molar-refractivity contribution in [2.75, 3.05) is 13.9 Å². The highest BCUT2D eigenvalue weighted by Crippen LogP contribution is 2.37. The van der Waals surface area contributed by atoms with E-state index >= 15 is 0 Å². The van der Waals surface area contributed by atoms with Crippen molar-refractivity contribution in [3.63, 3.8) is 0 Å². The second-order valence-corrected chi connectivity index (χ2v) is 24.3. The zero-order chi connectivity index (χ0) is 54.3. The molecule has 7 nitrogen and oxygen atoms in total.